The largest absolute Gasteiger partial charge is 0.493 e. The van der Waals surface area contributed by atoms with E-state index in [2.05, 4.69) is 22.6 Å². The van der Waals surface area contributed by atoms with Gasteiger partial charge in [-0.2, -0.15) is 5.26 Å². The van der Waals surface area contributed by atoms with Crippen molar-refractivity contribution in [2.75, 3.05) is 7.11 Å². The first-order valence-corrected chi connectivity index (χ1v) is 9.05. The number of amides is 1. The van der Waals surface area contributed by atoms with E-state index in [0.717, 1.165) is 9.13 Å². The monoisotopic (exact) mass is 502 g/mol. The van der Waals surface area contributed by atoms with Gasteiger partial charge in [-0.1, -0.05) is 29.3 Å². The second kappa shape index (κ2) is 9.12. The Morgan fingerprint density at radius 2 is 2.08 bits per heavy atom. The molecule has 0 radical (unpaired) electrons. The number of hydrogen-bond donors (Lipinski definition) is 1. The Hall–Kier alpha value is -1.95. The lowest BCUT2D eigenvalue weighted by Crippen LogP contribution is -2.12. The summed E-state index contributed by atoms with van der Waals surface area (Å²) < 4.78 is 12.0. The minimum Gasteiger partial charge on any atom is -0.493 e. The van der Waals surface area contributed by atoms with Crippen LogP contribution < -0.4 is 15.2 Å². The Morgan fingerprint density at radius 1 is 1.35 bits per heavy atom. The summed E-state index contributed by atoms with van der Waals surface area (Å²) in [4.78, 5) is 11.2. The molecule has 0 saturated heterocycles. The van der Waals surface area contributed by atoms with Gasteiger partial charge in [0.2, 0.25) is 0 Å². The summed E-state index contributed by atoms with van der Waals surface area (Å²) in [6, 6.07) is 10.3. The van der Waals surface area contributed by atoms with Crippen LogP contribution in [-0.4, -0.2) is 13.0 Å². The number of nitrogens with two attached hydrogens (primary N) is 1. The first kappa shape index (κ1) is 20.4. The number of ether oxygens (including phenoxy) is 2. The van der Waals surface area contributed by atoms with Crippen LogP contribution in [0.2, 0.25) is 10.0 Å². The van der Waals surface area contributed by atoms with Gasteiger partial charge in [-0.15, -0.1) is 0 Å². The predicted octanol–water partition coefficient (Wildman–Crippen LogP) is 4.58. The zero-order valence-corrected chi connectivity index (χ0v) is 17.2. The molecule has 8 heteroatoms. The number of nitrogens with zero attached hydrogens (tertiary/aromatic N) is 1. The van der Waals surface area contributed by atoms with Crippen molar-refractivity contribution in [1.82, 2.24) is 0 Å². The molecule has 134 valence electrons. The molecule has 1 amide bonds. The van der Waals surface area contributed by atoms with Crippen LogP contribution in [0.1, 0.15) is 11.1 Å². The first-order chi connectivity index (χ1) is 12.3. The molecule has 26 heavy (non-hydrogen) atoms. The number of rotatable bonds is 6. The lowest BCUT2D eigenvalue weighted by atomic mass is 10.1. The van der Waals surface area contributed by atoms with Gasteiger partial charge in [0.25, 0.3) is 5.91 Å². The Labute approximate surface area is 174 Å². The second-order valence-corrected chi connectivity index (χ2v) is 7.10. The van der Waals surface area contributed by atoms with Gasteiger partial charge in [-0.3, -0.25) is 4.79 Å². The van der Waals surface area contributed by atoms with Crippen LogP contribution in [0.4, 0.5) is 0 Å². The highest BCUT2D eigenvalue weighted by atomic mass is 127. The maximum atomic E-state index is 11.2. The highest BCUT2D eigenvalue weighted by molar-refractivity contribution is 14.1. The van der Waals surface area contributed by atoms with Crippen LogP contribution >= 0.6 is 45.8 Å². The number of nitriles is 1. The molecule has 0 unspecified atom stereocenters. The van der Waals surface area contributed by atoms with Gasteiger partial charge < -0.3 is 15.2 Å². The Kier molecular flexibility index (Phi) is 7.14. The van der Waals surface area contributed by atoms with E-state index in [-0.39, 0.29) is 12.2 Å². The quantitative estimate of drug-likeness (QED) is 0.356. The number of primary amides is 1. The first-order valence-electron chi connectivity index (χ1n) is 7.21. The molecule has 0 aliphatic rings. The molecule has 5 nitrogen and oxygen atoms in total. The molecule has 2 rings (SSSR count). The average molecular weight is 503 g/mol. The highest BCUT2D eigenvalue weighted by Crippen LogP contribution is 2.35. The van der Waals surface area contributed by atoms with Crippen molar-refractivity contribution in [2.24, 2.45) is 5.73 Å². The average Bonchev–Trinajstić information content (AvgIpc) is 2.59. The van der Waals surface area contributed by atoms with E-state index >= 15 is 0 Å². The number of benzene rings is 2. The predicted molar refractivity (Wildman–Crippen MR) is 109 cm³/mol. The summed E-state index contributed by atoms with van der Waals surface area (Å²) in [7, 11) is 1.50. The van der Waals surface area contributed by atoms with E-state index in [4.69, 9.17) is 43.7 Å². The van der Waals surface area contributed by atoms with Crippen LogP contribution in [0.3, 0.4) is 0 Å². The molecular weight excluding hydrogens is 490 g/mol. The Bertz CT molecular complexity index is 923. The molecule has 0 saturated carbocycles. The molecule has 0 heterocycles. The van der Waals surface area contributed by atoms with Crippen LogP contribution in [-0.2, 0) is 11.4 Å². The van der Waals surface area contributed by atoms with Gasteiger partial charge in [0.15, 0.2) is 11.5 Å². The van der Waals surface area contributed by atoms with Crippen molar-refractivity contribution in [3.63, 3.8) is 0 Å². The van der Waals surface area contributed by atoms with Crippen LogP contribution in [0.15, 0.2) is 35.9 Å². The van der Waals surface area contributed by atoms with Crippen molar-refractivity contribution in [2.45, 2.75) is 6.61 Å². The molecule has 0 atom stereocenters. The standard InChI is InChI=1S/C18H13Cl2IN2O3/c1-25-16-6-10(4-12(8-22)18(23)24)5-15(21)17(16)26-9-11-2-3-13(19)7-14(11)20/h2-7H,9H2,1H3,(H2,23,24). The Morgan fingerprint density at radius 3 is 2.65 bits per heavy atom. The molecule has 0 aromatic heterocycles. The third kappa shape index (κ3) is 5.04. The molecule has 0 spiro atoms. The third-order valence-electron chi connectivity index (χ3n) is 3.34. The minimum absolute atomic E-state index is 0.149. The fourth-order valence-corrected chi connectivity index (χ4v) is 3.32. The van der Waals surface area contributed by atoms with E-state index < -0.39 is 5.91 Å². The van der Waals surface area contributed by atoms with Gasteiger partial charge in [-0.05, 0) is 58.5 Å². The van der Waals surface area contributed by atoms with Crippen LogP contribution in [0, 0.1) is 14.9 Å². The summed E-state index contributed by atoms with van der Waals surface area (Å²) in [5, 5.41) is 10.0. The summed E-state index contributed by atoms with van der Waals surface area (Å²) in [5.74, 6) is 0.183. The molecule has 2 aromatic carbocycles. The van der Waals surface area contributed by atoms with Gasteiger partial charge in [-0.25, -0.2) is 0 Å². The van der Waals surface area contributed by atoms with Gasteiger partial charge >= 0.3 is 0 Å². The Balaban J connectivity index is 2.32. The number of carbonyl (C=O) groups is 1. The van der Waals surface area contributed by atoms with Crippen molar-refractivity contribution in [3.8, 4) is 17.6 Å². The van der Waals surface area contributed by atoms with E-state index in [9.17, 15) is 4.79 Å². The SMILES string of the molecule is COc1cc(C=C(C#N)C(N)=O)cc(I)c1OCc1ccc(Cl)cc1Cl. The third-order valence-corrected chi connectivity index (χ3v) is 4.72. The topological polar surface area (TPSA) is 85.3 Å². The fourth-order valence-electron chi connectivity index (χ4n) is 2.08. The summed E-state index contributed by atoms with van der Waals surface area (Å²) in [5.41, 5.74) is 6.38. The number of halogens is 3. The highest BCUT2D eigenvalue weighted by Gasteiger charge is 2.13. The summed E-state index contributed by atoms with van der Waals surface area (Å²) >= 11 is 14.1. The molecular formula is C18H13Cl2IN2O3. The minimum atomic E-state index is -0.792. The van der Waals surface area contributed by atoms with Crippen LogP contribution in [0.25, 0.3) is 6.08 Å². The maximum Gasteiger partial charge on any atom is 0.259 e. The zero-order chi connectivity index (χ0) is 19.3. The molecule has 0 aliphatic carbocycles. The van der Waals surface area contributed by atoms with E-state index in [1.165, 1.54) is 13.2 Å². The van der Waals surface area contributed by atoms with Gasteiger partial charge in [0, 0.05) is 15.6 Å². The maximum absolute atomic E-state index is 11.2. The van der Waals surface area contributed by atoms with Gasteiger partial charge in [0.05, 0.1) is 10.7 Å². The number of hydrogen-bond acceptors (Lipinski definition) is 4. The van der Waals surface area contributed by atoms with E-state index in [1.807, 2.05) is 0 Å². The van der Waals surface area contributed by atoms with Crippen molar-refractivity contribution >= 4 is 57.8 Å². The van der Waals surface area contributed by atoms with Crippen molar-refractivity contribution in [3.05, 3.63) is 60.6 Å². The lowest BCUT2D eigenvalue weighted by Gasteiger charge is -2.14. The fraction of sp³-hybridized carbons (Fsp3) is 0.111. The number of carbonyl (C=O) groups excluding carboxylic acids is 1. The molecule has 0 bridgehead atoms. The van der Waals surface area contributed by atoms with Gasteiger partial charge in [0.1, 0.15) is 18.2 Å². The summed E-state index contributed by atoms with van der Waals surface area (Å²) in [6.07, 6.45) is 1.40. The normalized spacial score (nSPS) is 11.0. The molecule has 0 aliphatic heterocycles. The smallest absolute Gasteiger partial charge is 0.259 e. The van der Waals surface area contributed by atoms with E-state index in [1.54, 1.807) is 36.4 Å². The van der Waals surface area contributed by atoms with Crippen LogP contribution in [0.5, 0.6) is 11.5 Å². The molecule has 2 N–H and O–H groups in total. The summed E-state index contributed by atoms with van der Waals surface area (Å²) in [6.45, 7) is 0.224. The molecule has 0 fully saturated rings. The number of methoxy groups -OCH3 is 1. The molecule has 2 aromatic rings. The lowest BCUT2D eigenvalue weighted by molar-refractivity contribution is -0.114. The van der Waals surface area contributed by atoms with Crippen molar-refractivity contribution < 1.29 is 14.3 Å². The zero-order valence-electron chi connectivity index (χ0n) is 13.6. The van der Waals surface area contributed by atoms with Crippen molar-refractivity contribution in [1.29, 1.82) is 5.26 Å². The van der Waals surface area contributed by atoms with E-state index in [0.29, 0.717) is 27.1 Å². The second-order valence-electron chi connectivity index (χ2n) is 5.09.